The van der Waals surface area contributed by atoms with Crippen molar-refractivity contribution in [2.45, 2.75) is 30.8 Å². The topological polar surface area (TPSA) is 86.8 Å². The number of halogens is 3. The molecule has 3 aromatic rings. The summed E-state index contributed by atoms with van der Waals surface area (Å²) in [4.78, 5) is 27.9. The second-order valence-electron chi connectivity index (χ2n) is 8.08. The van der Waals surface area contributed by atoms with Crippen molar-refractivity contribution in [1.29, 1.82) is 0 Å². The number of rotatable bonds is 10. The molecule has 0 saturated carbocycles. The number of carbonyl (C=O) groups excluding carboxylic acids is 2. The van der Waals surface area contributed by atoms with Crippen LogP contribution in [0.15, 0.2) is 77.7 Å². The fourth-order valence-corrected chi connectivity index (χ4v) is 5.87. The lowest BCUT2D eigenvalue weighted by molar-refractivity contribution is -0.140. The average molecular weight is 583 g/mol. The molecule has 0 spiro atoms. The van der Waals surface area contributed by atoms with Gasteiger partial charge in [-0.25, -0.2) is 8.42 Å². The summed E-state index contributed by atoms with van der Waals surface area (Å²) < 4.78 is 28.4. The summed E-state index contributed by atoms with van der Waals surface area (Å²) in [7, 11) is -2.71. The third-order valence-electron chi connectivity index (χ3n) is 5.70. The molecule has 3 aromatic carbocycles. The van der Waals surface area contributed by atoms with Crippen molar-refractivity contribution < 1.29 is 18.0 Å². The van der Waals surface area contributed by atoms with E-state index >= 15 is 0 Å². The fraction of sp³-hybridized carbons (Fsp3) is 0.231. The largest absolute Gasteiger partial charge is 0.357 e. The molecule has 0 aromatic heterocycles. The minimum absolute atomic E-state index is 0.00269. The molecule has 0 radical (unpaired) electrons. The molecule has 37 heavy (non-hydrogen) atoms. The fourth-order valence-electron chi connectivity index (χ4n) is 3.81. The van der Waals surface area contributed by atoms with Crippen LogP contribution in [0.3, 0.4) is 0 Å². The first-order valence-electron chi connectivity index (χ1n) is 11.4. The maximum absolute atomic E-state index is 13.8. The Morgan fingerprint density at radius 3 is 2.14 bits per heavy atom. The zero-order chi connectivity index (χ0) is 27.2. The summed E-state index contributed by atoms with van der Waals surface area (Å²) in [5, 5.41) is 3.37. The quantitative estimate of drug-likeness (QED) is 0.347. The van der Waals surface area contributed by atoms with Crippen molar-refractivity contribution in [3.05, 3.63) is 93.4 Å². The van der Waals surface area contributed by atoms with E-state index in [1.54, 1.807) is 61.5 Å². The van der Waals surface area contributed by atoms with Crippen molar-refractivity contribution in [3.63, 3.8) is 0 Å². The molecule has 0 saturated heterocycles. The van der Waals surface area contributed by atoms with Crippen LogP contribution in [0.4, 0.5) is 5.69 Å². The summed E-state index contributed by atoms with van der Waals surface area (Å²) in [5.41, 5.74) is 0.768. The third kappa shape index (κ3) is 6.76. The zero-order valence-corrected chi connectivity index (χ0v) is 23.3. The minimum atomic E-state index is -4.19. The van der Waals surface area contributed by atoms with Crippen LogP contribution in [0.25, 0.3) is 0 Å². The van der Waals surface area contributed by atoms with Crippen molar-refractivity contribution >= 4 is 62.3 Å². The minimum Gasteiger partial charge on any atom is -0.357 e. The summed E-state index contributed by atoms with van der Waals surface area (Å²) in [6.45, 7) is 1.18. The van der Waals surface area contributed by atoms with E-state index in [0.717, 1.165) is 4.31 Å². The van der Waals surface area contributed by atoms with E-state index in [0.29, 0.717) is 22.0 Å². The predicted octanol–water partition coefficient (Wildman–Crippen LogP) is 5.40. The van der Waals surface area contributed by atoms with Gasteiger partial charge in [0.2, 0.25) is 11.8 Å². The molecule has 1 unspecified atom stereocenters. The number of para-hydroxylation sites is 1. The molecule has 1 atom stereocenters. The molecule has 0 fully saturated rings. The lowest BCUT2D eigenvalue weighted by Gasteiger charge is -2.33. The van der Waals surface area contributed by atoms with Crippen LogP contribution in [0, 0.1) is 0 Å². The second-order valence-corrected chi connectivity index (χ2v) is 11.2. The van der Waals surface area contributed by atoms with E-state index in [9.17, 15) is 18.0 Å². The average Bonchev–Trinajstić information content (AvgIpc) is 2.89. The van der Waals surface area contributed by atoms with Crippen molar-refractivity contribution in [1.82, 2.24) is 10.2 Å². The number of benzene rings is 3. The normalized spacial score (nSPS) is 12.0. The molecule has 7 nitrogen and oxygen atoms in total. The van der Waals surface area contributed by atoms with Crippen LogP contribution in [0.1, 0.15) is 18.9 Å². The van der Waals surface area contributed by atoms with Crippen LogP contribution in [0.5, 0.6) is 0 Å². The van der Waals surface area contributed by atoms with Crippen LogP contribution < -0.4 is 9.62 Å². The Labute approximate surface area is 232 Å². The Kier molecular flexibility index (Phi) is 9.84. The van der Waals surface area contributed by atoms with Gasteiger partial charge in [0.15, 0.2) is 0 Å². The van der Waals surface area contributed by atoms with Crippen LogP contribution >= 0.6 is 34.8 Å². The second kappa shape index (κ2) is 12.6. The van der Waals surface area contributed by atoms with Crippen molar-refractivity contribution in [3.8, 4) is 0 Å². The summed E-state index contributed by atoms with van der Waals surface area (Å²) in [5.74, 6) is -0.980. The van der Waals surface area contributed by atoms with Gasteiger partial charge in [0.1, 0.15) is 12.6 Å². The maximum Gasteiger partial charge on any atom is 0.264 e. The van der Waals surface area contributed by atoms with Gasteiger partial charge in [0.25, 0.3) is 10.0 Å². The molecule has 11 heteroatoms. The first-order valence-corrected chi connectivity index (χ1v) is 13.9. The first-order chi connectivity index (χ1) is 17.6. The van der Waals surface area contributed by atoms with Crippen LogP contribution in [-0.2, 0) is 26.2 Å². The molecule has 1 N–H and O–H groups in total. The molecule has 0 heterocycles. The number of sulfonamides is 1. The van der Waals surface area contributed by atoms with Gasteiger partial charge in [0.05, 0.1) is 25.7 Å². The lowest BCUT2D eigenvalue weighted by atomic mass is 10.1. The lowest BCUT2D eigenvalue weighted by Crippen LogP contribution is -2.51. The molecule has 0 aliphatic rings. The first kappa shape index (κ1) is 28.8. The Morgan fingerprint density at radius 2 is 1.54 bits per heavy atom. The van der Waals surface area contributed by atoms with E-state index in [1.165, 1.54) is 30.1 Å². The predicted molar refractivity (Wildman–Crippen MR) is 148 cm³/mol. The molecular formula is C26H26Cl3N3O4S. The smallest absolute Gasteiger partial charge is 0.264 e. The highest BCUT2D eigenvalue weighted by Crippen LogP contribution is 2.31. The molecule has 3 rings (SSSR count). The number of anilines is 1. The molecule has 0 aliphatic carbocycles. The van der Waals surface area contributed by atoms with E-state index in [4.69, 9.17) is 34.8 Å². The standard InChI is InChI=1S/C26H26Cl3N3O4S/c1-3-23(26(34)30-2)31(16-18-13-14-20(27)22(29)15-18)25(33)17-32(24-12-8-7-11-21(24)28)37(35,36)19-9-5-4-6-10-19/h4-15,23H,3,16-17H2,1-2H3,(H,30,34). The highest BCUT2D eigenvalue weighted by molar-refractivity contribution is 7.92. The Balaban J connectivity index is 2.07. The van der Waals surface area contributed by atoms with E-state index < -0.39 is 28.5 Å². The molecule has 0 bridgehead atoms. The third-order valence-corrected chi connectivity index (χ3v) is 8.53. The van der Waals surface area contributed by atoms with Gasteiger partial charge < -0.3 is 10.2 Å². The van der Waals surface area contributed by atoms with Gasteiger partial charge >= 0.3 is 0 Å². The number of likely N-dealkylation sites (N-methyl/N-ethyl adjacent to an activating group) is 1. The van der Waals surface area contributed by atoms with Crippen LogP contribution in [0.2, 0.25) is 15.1 Å². The maximum atomic E-state index is 13.8. The van der Waals surface area contributed by atoms with Gasteiger partial charge in [-0.05, 0) is 48.4 Å². The number of hydrogen-bond donors (Lipinski definition) is 1. The SMILES string of the molecule is CCC(C(=O)NC)N(Cc1ccc(Cl)c(Cl)c1)C(=O)CN(c1ccccc1Cl)S(=O)(=O)c1ccccc1. The van der Waals surface area contributed by atoms with Gasteiger partial charge in [0, 0.05) is 13.6 Å². The highest BCUT2D eigenvalue weighted by Gasteiger charge is 2.34. The van der Waals surface area contributed by atoms with Gasteiger partial charge in [-0.2, -0.15) is 0 Å². The Morgan fingerprint density at radius 1 is 0.892 bits per heavy atom. The molecule has 196 valence electrons. The van der Waals surface area contributed by atoms with E-state index in [1.807, 2.05) is 0 Å². The van der Waals surface area contributed by atoms with Gasteiger partial charge in [-0.1, -0.05) is 78.1 Å². The highest BCUT2D eigenvalue weighted by atomic mass is 35.5. The monoisotopic (exact) mass is 581 g/mol. The van der Waals surface area contributed by atoms with Gasteiger partial charge in [-0.3, -0.25) is 13.9 Å². The van der Waals surface area contributed by atoms with Gasteiger partial charge in [-0.15, -0.1) is 0 Å². The Hall–Kier alpha value is -2.78. The summed E-state index contributed by atoms with van der Waals surface area (Å²) in [6, 6.07) is 18.2. The molecular weight excluding hydrogens is 557 g/mol. The number of hydrogen-bond acceptors (Lipinski definition) is 4. The van der Waals surface area contributed by atoms with Crippen molar-refractivity contribution in [2.24, 2.45) is 0 Å². The molecule has 2 amide bonds. The number of amides is 2. The number of nitrogens with one attached hydrogen (secondary N) is 1. The number of nitrogens with zero attached hydrogens (tertiary/aromatic N) is 2. The number of carbonyl (C=O) groups is 2. The van der Waals surface area contributed by atoms with E-state index in [-0.39, 0.29) is 28.1 Å². The van der Waals surface area contributed by atoms with Crippen molar-refractivity contribution in [2.75, 3.05) is 17.9 Å². The Bertz CT molecular complexity index is 1370. The zero-order valence-electron chi connectivity index (χ0n) is 20.2. The summed E-state index contributed by atoms with van der Waals surface area (Å²) in [6.07, 6.45) is 0.296. The molecule has 0 aliphatic heterocycles. The van der Waals surface area contributed by atoms with Crippen LogP contribution in [-0.4, -0.2) is 44.8 Å². The van der Waals surface area contributed by atoms with E-state index in [2.05, 4.69) is 5.32 Å². The summed E-state index contributed by atoms with van der Waals surface area (Å²) >= 11 is 18.6.